The highest BCUT2D eigenvalue weighted by Crippen LogP contribution is 2.14. The van der Waals surface area contributed by atoms with Crippen molar-refractivity contribution in [2.75, 3.05) is 6.54 Å². The fraction of sp³-hybridized carbons (Fsp3) is 0.429. The topological polar surface area (TPSA) is 64.3 Å². The Bertz CT molecular complexity index is 497. The van der Waals surface area contributed by atoms with Crippen molar-refractivity contribution in [1.29, 1.82) is 5.26 Å². The van der Waals surface area contributed by atoms with Crippen LogP contribution in [0.4, 0.5) is 4.39 Å². The third-order valence-corrected chi connectivity index (χ3v) is 3.02. The molecule has 0 bridgehead atoms. The molecule has 0 aliphatic carbocycles. The monoisotopic (exact) mass is 264 g/mol. The molecule has 0 aromatic heterocycles. The Morgan fingerprint density at radius 3 is 2.74 bits per heavy atom. The molecule has 1 aromatic carbocycles. The van der Waals surface area contributed by atoms with Gasteiger partial charge in [-0.15, -0.1) is 0 Å². The Hall–Kier alpha value is -1.93. The summed E-state index contributed by atoms with van der Waals surface area (Å²) in [5.41, 5.74) is 0.854. The van der Waals surface area contributed by atoms with Crippen molar-refractivity contribution in [3.05, 3.63) is 35.1 Å². The molecule has 0 aliphatic heterocycles. The van der Waals surface area contributed by atoms with E-state index in [-0.39, 0.29) is 18.2 Å². The molecule has 1 N–H and O–H groups in total. The maximum absolute atomic E-state index is 13.3. The molecular formula is C14H17FN2O2. The van der Waals surface area contributed by atoms with Gasteiger partial charge in [0.25, 0.3) is 0 Å². The molecule has 0 saturated carbocycles. The minimum Gasteiger partial charge on any atom is -0.480 e. The number of aliphatic carboxylic acids is 1. The minimum absolute atomic E-state index is 0.0740. The van der Waals surface area contributed by atoms with Crippen LogP contribution >= 0.6 is 0 Å². The van der Waals surface area contributed by atoms with Crippen molar-refractivity contribution in [2.45, 2.75) is 32.9 Å². The Labute approximate surface area is 112 Å². The van der Waals surface area contributed by atoms with Crippen molar-refractivity contribution in [2.24, 2.45) is 0 Å². The van der Waals surface area contributed by atoms with Crippen LogP contribution in [0.5, 0.6) is 0 Å². The van der Waals surface area contributed by atoms with Crippen LogP contribution in [-0.4, -0.2) is 28.6 Å². The SMILES string of the molecule is CCC(C)N(CC(=O)O)Cc1cc(F)cc(C#N)c1. The fourth-order valence-electron chi connectivity index (χ4n) is 1.84. The van der Waals surface area contributed by atoms with Gasteiger partial charge in [0.1, 0.15) is 5.82 Å². The molecule has 1 rings (SSSR count). The number of nitriles is 1. The number of halogens is 1. The lowest BCUT2D eigenvalue weighted by molar-refractivity contribution is -0.139. The molecule has 0 saturated heterocycles. The number of hydrogen-bond donors (Lipinski definition) is 1. The Kier molecular flexibility index (Phi) is 5.46. The van der Waals surface area contributed by atoms with Gasteiger partial charge in [-0.3, -0.25) is 9.69 Å². The molecule has 0 amide bonds. The Morgan fingerprint density at radius 1 is 1.53 bits per heavy atom. The molecule has 1 unspecified atom stereocenters. The van der Waals surface area contributed by atoms with E-state index in [2.05, 4.69) is 0 Å². The number of carbonyl (C=O) groups is 1. The third-order valence-electron chi connectivity index (χ3n) is 3.02. The first-order valence-corrected chi connectivity index (χ1v) is 6.11. The molecule has 0 radical (unpaired) electrons. The van der Waals surface area contributed by atoms with Crippen LogP contribution in [0, 0.1) is 17.1 Å². The van der Waals surface area contributed by atoms with E-state index >= 15 is 0 Å². The van der Waals surface area contributed by atoms with Gasteiger partial charge in [-0.05, 0) is 37.1 Å². The zero-order valence-electron chi connectivity index (χ0n) is 11.1. The van der Waals surface area contributed by atoms with Crippen molar-refractivity contribution >= 4 is 5.97 Å². The summed E-state index contributed by atoms with van der Waals surface area (Å²) in [7, 11) is 0. The molecule has 0 fully saturated rings. The van der Waals surface area contributed by atoms with Crippen LogP contribution in [0.3, 0.4) is 0 Å². The predicted molar refractivity (Wildman–Crippen MR) is 68.9 cm³/mol. The standard InChI is InChI=1S/C14H17FN2O2/c1-3-10(2)17(9-14(18)19)8-12-4-11(7-16)5-13(15)6-12/h4-6,10H,3,8-9H2,1-2H3,(H,18,19). The second-order valence-corrected chi connectivity index (χ2v) is 4.52. The van der Waals surface area contributed by atoms with Gasteiger partial charge in [-0.25, -0.2) is 4.39 Å². The molecular weight excluding hydrogens is 247 g/mol. The van der Waals surface area contributed by atoms with Gasteiger partial charge in [-0.2, -0.15) is 5.26 Å². The summed E-state index contributed by atoms with van der Waals surface area (Å²) in [6, 6.07) is 6.04. The maximum atomic E-state index is 13.3. The van der Waals surface area contributed by atoms with E-state index in [1.54, 1.807) is 11.0 Å². The number of carboxylic acids is 1. The molecule has 19 heavy (non-hydrogen) atoms. The van der Waals surface area contributed by atoms with E-state index in [0.717, 1.165) is 12.5 Å². The molecule has 102 valence electrons. The number of carboxylic acid groups (broad SMARTS) is 1. The average molecular weight is 264 g/mol. The van der Waals surface area contributed by atoms with E-state index in [1.165, 1.54) is 6.07 Å². The highest BCUT2D eigenvalue weighted by atomic mass is 19.1. The van der Waals surface area contributed by atoms with Gasteiger partial charge in [0.05, 0.1) is 18.2 Å². The first-order valence-electron chi connectivity index (χ1n) is 6.11. The summed E-state index contributed by atoms with van der Waals surface area (Å²) in [5, 5.41) is 17.7. The van der Waals surface area contributed by atoms with Crippen LogP contribution in [0.2, 0.25) is 0 Å². The molecule has 1 aromatic rings. The first kappa shape index (κ1) is 15.1. The largest absolute Gasteiger partial charge is 0.480 e. The van der Waals surface area contributed by atoms with Crippen molar-refractivity contribution in [3.8, 4) is 6.07 Å². The third kappa shape index (κ3) is 4.68. The Balaban J connectivity index is 2.92. The first-order chi connectivity index (χ1) is 8.96. The molecule has 1 atom stereocenters. The van der Waals surface area contributed by atoms with E-state index < -0.39 is 11.8 Å². The summed E-state index contributed by atoms with van der Waals surface area (Å²) >= 11 is 0. The number of rotatable bonds is 6. The zero-order chi connectivity index (χ0) is 14.4. The minimum atomic E-state index is -0.919. The molecule has 0 aliphatic rings. The van der Waals surface area contributed by atoms with E-state index in [1.807, 2.05) is 19.9 Å². The summed E-state index contributed by atoms with van der Waals surface area (Å²) in [6.07, 6.45) is 0.799. The van der Waals surface area contributed by atoms with Crippen LogP contribution in [-0.2, 0) is 11.3 Å². The van der Waals surface area contributed by atoms with E-state index in [0.29, 0.717) is 12.1 Å². The van der Waals surface area contributed by atoms with Crippen molar-refractivity contribution in [3.63, 3.8) is 0 Å². The quantitative estimate of drug-likeness (QED) is 0.856. The number of hydrogen-bond acceptors (Lipinski definition) is 3. The lowest BCUT2D eigenvalue weighted by atomic mass is 10.1. The highest BCUT2D eigenvalue weighted by Gasteiger charge is 2.16. The number of benzene rings is 1. The number of nitrogens with zero attached hydrogens (tertiary/aromatic N) is 2. The molecule has 5 heteroatoms. The van der Waals surface area contributed by atoms with Crippen molar-refractivity contribution in [1.82, 2.24) is 4.90 Å². The van der Waals surface area contributed by atoms with E-state index in [4.69, 9.17) is 10.4 Å². The van der Waals surface area contributed by atoms with Crippen LogP contribution in [0.1, 0.15) is 31.4 Å². The lowest BCUT2D eigenvalue weighted by Crippen LogP contribution is -2.36. The average Bonchev–Trinajstić information content (AvgIpc) is 2.35. The fourth-order valence-corrected chi connectivity index (χ4v) is 1.84. The van der Waals surface area contributed by atoms with Crippen LogP contribution in [0.25, 0.3) is 0 Å². The normalized spacial score (nSPS) is 12.2. The molecule has 4 nitrogen and oxygen atoms in total. The Morgan fingerprint density at radius 2 is 2.21 bits per heavy atom. The summed E-state index contributed by atoms with van der Waals surface area (Å²) in [4.78, 5) is 12.6. The lowest BCUT2D eigenvalue weighted by Gasteiger charge is -2.26. The smallest absolute Gasteiger partial charge is 0.317 e. The van der Waals surface area contributed by atoms with Gasteiger partial charge >= 0.3 is 5.97 Å². The summed E-state index contributed by atoms with van der Waals surface area (Å²) in [6.45, 7) is 4.10. The zero-order valence-corrected chi connectivity index (χ0v) is 11.1. The second kappa shape index (κ2) is 6.86. The van der Waals surface area contributed by atoms with Gasteiger partial charge in [-0.1, -0.05) is 6.92 Å². The van der Waals surface area contributed by atoms with E-state index in [9.17, 15) is 9.18 Å². The van der Waals surface area contributed by atoms with Gasteiger partial charge in [0.2, 0.25) is 0 Å². The van der Waals surface area contributed by atoms with Crippen molar-refractivity contribution < 1.29 is 14.3 Å². The second-order valence-electron chi connectivity index (χ2n) is 4.52. The van der Waals surface area contributed by atoms with Gasteiger partial charge in [0, 0.05) is 12.6 Å². The highest BCUT2D eigenvalue weighted by molar-refractivity contribution is 5.69. The van der Waals surface area contributed by atoms with Gasteiger partial charge < -0.3 is 5.11 Å². The molecule has 0 heterocycles. The van der Waals surface area contributed by atoms with Crippen LogP contribution in [0.15, 0.2) is 18.2 Å². The maximum Gasteiger partial charge on any atom is 0.317 e. The van der Waals surface area contributed by atoms with Gasteiger partial charge in [0.15, 0.2) is 0 Å². The van der Waals surface area contributed by atoms with Crippen LogP contribution < -0.4 is 0 Å². The predicted octanol–water partition coefficient (Wildman–Crippen LogP) is 2.38. The summed E-state index contributed by atoms with van der Waals surface area (Å²) < 4.78 is 13.3. The molecule has 0 spiro atoms. The summed E-state index contributed by atoms with van der Waals surface area (Å²) in [5.74, 6) is -1.40.